The smallest absolute Gasteiger partial charge is 0.287 e. The second kappa shape index (κ2) is 5.25. The van der Waals surface area contributed by atoms with Crippen molar-refractivity contribution in [2.24, 2.45) is 0 Å². The fourth-order valence-electron chi connectivity index (χ4n) is 2.58. The summed E-state index contributed by atoms with van der Waals surface area (Å²) >= 11 is 0. The fraction of sp³-hybridized carbons (Fsp3) is 0.188. The van der Waals surface area contributed by atoms with Crippen molar-refractivity contribution in [3.05, 3.63) is 63.2 Å². The molecule has 21 heavy (non-hydrogen) atoms. The molecule has 2 aromatic rings. The number of fused-ring (bicyclic) bond motifs is 1. The third kappa shape index (κ3) is 2.56. The quantitative estimate of drug-likeness (QED) is 0.633. The zero-order chi connectivity index (χ0) is 14.8. The number of aryl methyl sites for hydroxylation is 2. The number of nitrogens with zero attached hydrogens (tertiary/aromatic N) is 2. The Labute approximate surface area is 121 Å². The molecule has 0 bridgehead atoms. The first-order valence-corrected chi connectivity index (χ1v) is 6.65. The van der Waals surface area contributed by atoms with Gasteiger partial charge in [-0.25, -0.2) is 0 Å². The maximum absolute atomic E-state index is 10.8. The van der Waals surface area contributed by atoms with Gasteiger partial charge in [-0.2, -0.15) is 5.26 Å². The van der Waals surface area contributed by atoms with Gasteiger partial charge in [0, 0.05) is 12.1 Å². The molecule has 0 atom stereocenters. The Hall–Kier alpha value is -2.87. The number of nitro benzene ring substituents is 1. The molecule has 0 amide bonds. The van der Waals surface area contributed by atoms with Crippen LogP contribution >= 0.6 is 0 Å². The van der Waals surface area contributed by atoms with Crippen molar-refractivity contribution in [2.45, 2.75) is 19.3 Å². The van der Waals surface area contributed by atoms with E-state index >= 15 is 0 Å². The molecule has 0 fully saturated rings. The number of nitriles is 1. The van der Waals surface area contributed by atoms with E-state index in [2.05, 4.69) is 0 Å². The lowest BCUT2D eigenvalue weighted by Crippen LogP contribution is -1.93. The molecule has 0 aliphatic heterocycles. The van der Waals surface area contributed by atoms with Gasteiger partial charge >= 0.3 is 0 Å². The third-order valence-corrected chi connectivity index (χ3v) is 3.59. The SMILES string of the molecule is N#Cc1cc(Oc2ccc3c(c2)CCC3)ccc1[N+](=O)[O-]. The van der Waals surface area contributed by atoms with E-state index in [-0.39, 0.29) is 11.3 Å². The summed E-state index contributed by atoms with van der Waals surface area (Å²) in [7, 11) is 0. The van der Waals surface area contributed by atoms with Crippen LogP contribution in [0.4, 0.5) is 5.69 Å². The Kier molecular flexibility index (Phi) is 3.28. The molecule has 1 aliphatic rings. The molecule has 1 aliphatic carbocycles. The summed E-state index contributed by atoms with van der Waals surface area (Å²) in [5, 5.41) is 19.8. The summed E-state index contributed by atoms with van der Waals surface area (Å²) in [6.07, 6.45) is 3.32. The van der Waals surface area contributed by atoms with Crippen LogP contribution in [0.1, 0.15) is 23.1 Å². The molecule has 0 saturated carbocycles. The number of benzene rings is 2. The maximum atomic E-state index is 10.8. The molecule has 0 heterocycles. The highest BCUT2D eigenvalue weighted by molar-refractivity contribution is 5.53. The monoisotopic (exact) mass is 280 g/mol. The zero-order valence-corrected chi connectivity index (χ0v) is 11.2. The van der Waals surface area contributed by atoms with Gasteiger partial charge in [0.1, 0.15) is 23.1 Å². The minimum Gasteiger partial charge on any atom is -0.457 e. The van der Waals surface area contributed by atoms with Crippen molar-refractivity contribution in [1.29, 1.82) is 5.26 Å². The Bertz CT molecular complexity index is 763. The molecule has 0 unspecified atom stereocenters. The van der Waals surface area contributed by atoms with Gasteiger partial charge in [-0.1, -0.05) is 6.07 Å². The lowest BCUT2D eigenvalue weighted by Gasteiger charge is -2.08. The summed E-state index contributed by atoms with van der Waals surface area (Å²) < 4.78 is 5.71. The van der Waals surface area contributed by atoms with Crippen molar-refractivity contribution < 1.29 is 9.66 Å². The Morgan fingerprint density at radius 1 is 1.10 bits per heavy atom. The van der Waals surface area contributed by atoms with Crippen LogP contribution in [0.15, 0.2) is 36.4 Å². The first-order chi connectivity index (χ1) is 10.2. The van der Waals surface area contributed by atoms with E-state index in [1.807, 2.05) is 24.3 Å². The van der Waals surface area contributed by atoms with Gasteiger partial charge in [-0.3, -0.25) is 10.1 Å². The number of ether oxygens (including phenoxy) is 1. The largest absolute Gasteiger partial charge is 0.457 e. The lowest BCUT2D eigenvalue weighted by molar-refractivity contribution is -0.385. The van der Waals surface area contributed by atoms with E-state index in [0.717, 1.165) is 19.3 Å². The first-order valence-electron chi connectivity index (χ1n) is 6.65. The predicted molar refractivity (Wildman–Crippen MR) is 76.4 cm³/mol. The van der Waals surface area contributed by atoms with Crippen LogP contribution in [-0.2, 0) is 12.8 Å². The molecule has 0 aromatic heterocycles. The summed E-state index contributed by atoms with van der Waals surface area (Å²) in [6.45, 7) is 0. The summed E-state index contributed by atoms with van der Waals surface area (Å²) in [5.74, 6) is 1.11. The number of rotatable bonds is 3. The van der Waals surface area contributed by atoms with Crippen molar-refractivity contribution in [3.8, 4) is 17.6 Å². The van der Waals surface area contributed by atoms with E-state index in [4.69, 9.17) is 10.00 Å². The number of hydrogen-bond acceptors (Lipinski definition) is 4. The molecular formula is C16H12N2O3. The van der Waals surface area contributed by atoms with E-state index in [0.29, 0.717) is 11.5 Å². The molecule has 0 spiro atoms. The average Bonchev–Trinajstić information content (AvgIpc) is 2.94. The molecule has 104 valence electrons. The molecule has 5 heteroatoms. The van der Waals surface area contributed by atoms with Crippen LogP contribution in [0.5, 0.6) is 11.5 Å². The summed E-state index contributed by atoms with van der Waals surface area (Å²) in [4.78, 5) is 10.2. The van der Waals surface area contributed by atoms with Gasteiger partial charge in [0.15, 0.2) is 0 Å². The van der Waals surface area contributed by atoms with Gasteiger partial charge in [-0.05, 0) is 48.6 Å². The second-order valence-corrected chi connectivity index (χ2v) is 4.93. The Balaban J connectivity index is 1.88. The lowest BCUT2D eigenvalue weighted by atomic mass is 10.1. The van der Waals surface area contributed by atoms with Crippen molar-refractivity contribution >= 4 is 5.69 Å². The minimum atomic E-state index is -0.572. The molecule has 3 rings (SSSR count). The highest BCUT2D eigenvalue weighted by Crippen LogP contribution is 2.30. The normalized spacial score (nSPS) is 12.5. The van der Waals surface area contributed by atoms with Crippen LogP contribution < -0.4 is 4.74 Å². The molecule has 5 nitrogen and oxygen atoms in total. The molecule has 0 saturated heterocycles. The van der Waals surface area contributed by atoms with E-state index in [1.54, 1.807) is 0 Å². The van der Waals surface area contributed by atoms with Gasteiger partial charge in [-0.15, -0.1) is 0 Å². The predicted octanol–water partition coefficient (Wildman–Crippen LogP) is 3.75. The van der Waals surface area contributed by atoms with Crippen molar-refractivity contribution in [1.82, 2.24) is 0 Å². The van der Waals surface area contributed by atoms with E-state index < -0.39 is 4.92 Å². The van der Waals surface area contributed by atoms with Gasteiger partial charge in [0.05, 0.1) is 4.92 Å². The standard InChI is InChI=1S/C16H12N2O3/c17-10-13-9-15(6-7-16(13)18(19)20)21-14-5-4-11-2-1-3-12(11)8-14/h4-9H,1-3H2. The Morgan fingerprint density at radius 2 is 1.81 bits per heavy atom. The number of nitro groups is 1. The summed E-state index contributed by atoms with van der Waals surface area (Å²) in [5.41, 5.74) is 2.43. The first kappa shape index (κ1) is 13.1. The molecular weight excluding hydrogens is 268 g/mol. The van der Waals surface area contributed by atoms with Crippen LogP contribution in [0.3, 0.4) is 0 Å². The Morgan fingerprint density at radius 3 is 2.57 bits per heavy atom. The fourth-order valence-corrected chi connectivity index (χ4v) is 2.58. The minimum absolute atomic E-state index is 0.00124. The average molecular weight is 280 g/mol. The highest BCUT2D eigenvalue weighted by Gasteiger charge is 2.15. The maximum Gasteiger partial charge on any atom is 0.287 e. The van der Waals surface area contributed by atoms with Crippen LogP contribution in [0.25, 0.3) is 0 Å². The molecule has 0 radical (unpaired) electrons. The number of hydrogen-bond donors (Lipinski definition) is 0. The van der Waals surface area contributed by atoms with Crippen LogP contribution in [0, 0.1) is 21.4 Å². The summed E-state index contributed by atoms with van der Waals surface area (Å²) in [6, 6.07) is 11.9. The molecule has 0 N–H and O–H groups in total. The van der Waals surface area contributed by atoms with Crippen LogP contribution in [0.2, 0.25) is 0 Å². The van der Waals surface area contributed by atoms with Gasteiger partial charge < -0.3 is 4.74 Å². The van der Waals surface area contributed by atoms with E-state index in [1.165, 1.54) is 29.3 Å². The van der Waals surface area contributed by atoms with Crippen LogP contribution in [-0.4, -0.2) is 4.92 Å². The van der Waals surface area contributed by atoms with Crippen molar-refractivity contribution in [2.75, 3.05) is 0 Å². The van der Waals surface area contributed by atoms with Gasteiger partial charge in [0.2, 0.25) is 0 Å². The third-order valence-electron chi connectivity index (χ3n) is 3.59. The topological polar surface area (TPSA) is 76.2 Å². The zero-order valence-electron chi connectivity index (χ0n) is 11.2. The van der Waals surface area contributed by atoms with Gasteiger partial charge in [0.25, 0.3) is 5.69 Å². The highest BCUT2D eigenvalue weighted by atomic mass is 16.6. The van der Waals surface area contributed by atoms with Crippen molar-refractivity contribution in [3.63, 3.8) is 0 Å². The second-order valence-electron chi connectivity index (χ2n) is 4.93. The molecule has 2 aromatic carbocycles. The van der Waals surface area contributed by atoms with E-state index in [9.17, 15) is 10.1 Å².